The highest BCUT2D eigenvalue weighted by molar-refractivity contribution is 7.19. The fraction of sp³-hybridized carbons (Fsp3) is 0.516. The molecule has 0 radical (unpaired) electrons. The van der Waals surface area contributed by atoms with Crippen LogP contribution in [0.25, 0.3) is 32.5 Å². The number of aromatic amines is 1. The zero-order valence-electron chi connectivity index (χ0n) is 24.8. The minimum absolute atomic E-state index is 0.0174. The highest BCUT2D eigenvalue weighted by Crippen LogP contribution is 2.36. The fourth-order valence-electron chi connectivity index (χ4n) is 5.55. The van der Waals surface area contributed by atoms with Crippen LogP contribution in [-0.2, 0) is 16.0 Å². The van der Waals surface area contributed by atoms with Gasteiger partial charge >= 0.3 is 0 Å². The molecule has 0 atom stereocenters. The van der Waals surface area contributed by atoms with Crippen molar-refractivity contribution in [3.05, 3.63) is 35.3 Å². The molecule has 0 unspecified atom stereocenters. The first-order chi connectivity index (χ1) is 20.6. The number of benzene rings is 1. The number of nitrogens with one attached hydrogen (secondary N) is 1. The molecule has 42 heavy (non-hydrogen) atoms. The van der Waals surface area contributed by atoms with Gasteiger partial charge in [-0.3, -0.25) is 10.00 Å². The van der Waals surface area contributed by atoms with E-state index in [1.54, 1.807) is 14.0 Å². The van der Waals surface area contributed by atoms with Crippen molar-refractivity contribution in [3.8, 4) is 23.2 Å². The first kappa shape index (κ1) is 30.4. The van der Waals surface area contributed by atoms with Crippen molar-refractivity contribution in [1.29, 1.82) is 0 Å². The van der Waals surface area contributed by atoms with Crippen molar-refractivity contribution in [2.45, 2.75) is 32.4 Å². The van der Waals surface area contributed by atoms with E-state index in [1.165, 1.54) is 17.7 Å². The van der Waals surface area contributed by atoms with Crippen molar-refractivity contribution in [2.75, 3.05) is 78.2 Å². The summed E-state index contributed by atoms with van der Waals surface area (Å²) in [4.78, 5) is 19.0. The van der Waals surface area contributed by atoms with Gasteiger partial charge in [0.05, 0.1) is 41.8 Å². The van der Waals surface area contributed by atoms with Crippen LogP contribution in [0.4, 0.5) is 5.82 Å². The van der Waals surface area contributed by atoms with Gasteiger partial charge in [0.2, 0.25) is 0 Å². The molecular weight excluding hydrogens is 550 g/mol. The summed E-state index contributed by atoms with van der Waals surface area (Å²) < 4.78 is 12.3. The minimum Gasteiger partial charge on any atom is -0.384 e. The summed E-state index contributed by atoms with van der Waals surface area (Å²) in [6.45, 7) is 9.68. The van der Waals surface area contributed by atoms with Crippen LogP contribution < -0.4 is 4.90 Å². The molecular formula is C31H41N7O3S. The standard InChI is InChI=1S/C27H35N7O2S.C4H6O/c1-32-8-6-19(7-9-32)34(10-13-35-2)18-20-16-24-25(37-20)27(33-11-14-36-15-12-33)30-26(29-24)21-4-3-5-23-22(21)17-28-31-23;1-2-3-4-5/h3-5,16-17,19H,6-15,18H2,1-2H3,(H,28,31);5H,4H2,1H3. The van der Waals surface area contributed by atoms with Crippen molar-refractivity contribution in [3.63, 3.8) is 0 Å². The van der Waals surface area contributed by atoms with Gasteiger partial charge < -0.3 is 24.4 Å². The summed E-state index contributed by atoms with van der Waals surface area (Å²) >= 11 is 1.83. The van der Waals surface area contributed by atoms with E-state index in [2.05, 4.69) is 55.9 Å². The maximum Gasteiger partial charge on any atom is 0.162 e. The third-order valence-corrected chi connectivity index (χ3v) is 8.95. The Hall–Kier alpha value is -3.11. The molecule has 0 spiro atoms. The number of hydrogen-bond donors (Lipinski definition) is 2. The first-order valence-electron chi connectivity index (χ1n) is 14.6. The molecule has 10 nitrogen and oxygen atoms in total. The van der Waals surface area contributed by atoms with Crippen LogP contribution in [0.3, 0.4) is 0 Å². The molecule has 0 aliphatic carbocycles. The lowest BCUT2D eigenvalue weighted by molar-refractivity contribution is 0.0809. The highest BCUT2D eigenvalue weighted by atomic mass is 32.1. The number of aliphatic hydroxyl groups excluding tert-OH is 1. The Morgan fingerprint density at radius 3 is 2.71 bits per heavy atom. The molecule has 2 N–H and O–H groups in total. The van der Waals surface area contributed by atoms with Crippen molar-refractivity contribution in [2.24, 2.45) is 0 Å². The Balaban J connectivity index is 0.000000652. The van der Waals surface area contributed by atoms with E-state index < -0.39 is 0 Å². The Morgan fingerprint density at radius 2 is 2.00 bits per heavy atom. The Morgan fingerprint density at radius 1 is 1.19 bits per heavy atom. The maximum absolute atomic E-state index is 7.89. The van der Waals surface area contributed by atoms with Crippen LogP contribution in [0.5, 0.6) is 0 Å². The topological polar surface area (TPSA) is 103 Å². The molecule has 224 valence electrons. The van der Waals surface area contributed by atoms with E-state index in [1.807, 2.05) is 29.7 Å². The predicted octanol–water partition coefficient (Wildman–Crippen LogP) is 3.62. The molecule has 2 fully saturated rings. The van der Waals surface area contributed by atoms with Gasteiger partial charge in [-0.25, -0.2) is 9.97 Å². The smallest absolute Gasteiger partial charge is 0.162 e. The third-order valence-electron chi connectivity index (χ3n) is 7.84. The molecule has 0 amide bonds. The van der Waals surface area contributed by atoms with Crippen LogP contribution in [0.1, 0.15) is 24.6 Å². The number of fused-ring (bicyclic) bond motifs is 2. The molecule has 6 rings (SSSR count). The Labute approximate surface area is 251 Å². The number of morpholine rings is 1. The zero-order chi connectivity index (χ0) is 29.3. The number of piperidine rings is 1. The van der Waals surface area contributed by atoms with Crippen LogP contribution >= 0.6 is 11.3 Å². The van der Waals surface area contributed by atoms with Gasteiger partial charge in [0, 0.05) is 55.2 Å². The number of likely N-dealkylation sites (tertiary alicyclic amines) is 1. The average Bonchev–Trinajstić information content (AvgIpc) is 3.67. The van der Waals surface area contributed by atoms with Gasteiger partial charge in [0.15, 0.2) is 11.6 Å². The Kier molecular flexibility index (Phi) is 10.7. The highest BCUT2D eigenvalue weighted by Gasteiger charge is 2.25. The van der Waals surface area contributed by atoms with Gasteiger partial charge in [-0.1, -0.05) is 18.1 Å². The van der Waals surface area contributed by atoms with Crippen LogP contribution in [0.15, 0.2) is 30.5 Å². The van der Waals surface area contributed by atoms with E-state index in [0.717, 1.165) is 97.4 Å². The molecule has 1 aromatic carbocycles. The van der Waals surface area contributed by atoms with Crippen molar-refractivity contribution in [1.82, 2.24) is 30.0 Å². The number of aromatic nitrogens is 4. The van der Waals surface area contributed by atoms with Gasteiger partial charge in [-0.15, -0.1) is 17.3 Å². The summed E-state index contributed by atoms with van der Waals surface area (Å²) in [6, 6.07) is 9.01. The van der Waals surface area contributed by atoms with Crippen LogP contribution in [0, 0.1) is 11.8 Å². The number of thiophene rings is 1. The molecule has 2 aliphatic rings. The minimum atomic E-state index is -0.0174. The second kappa shape index (κ2) is 14.9. The van der Waals surface area contributed by atoms with E-state index in [9.17, 15) is 0 Å². The second-order valence-corrected chi connectivity index (χ2v) is 11.8. The number of H-pyrrole nitrogens is 1. The number of ether oxygens (including phenoxy) is 2. The van der Waals surface area contributed by atoms with Crippen molar-refractivity contribution < 1.29 is 14.6 Å². The normalized spacial score (nSPS) is 16.5. The van der Waals surface area contributed by atoms with Crippen molar-refractivity contribution >= 4 is 38.3 Å². The fourth-order valence-corrected chi connectivity index (χ4v) is 6.69. The lowest BCUT2D eigenvalue weighted by Crippen LogP contribution is -2.44. The summed E-state index contributed by atoms with van der Waals surface area (Å²) in [5, 5.41) is 16.3. The molecule has 4 aromatic rings. The summed E-state index contributed by atoms with van der Waals surface area (Å²) in [5.41, 5.74) is 3.01. The molecule has 0 bridgehead atoms. The van der Waals surface area contributed by atoms with Crippen LogP contribution in [-0.4, -0.2) is 114 Å². The van der Waals surface area contributed by atoms with Gasteiger partial charge in [-0.05, 0) is 52.0 Å². The molecule has 2 saturated heterocycles. The molecule has 0 saturated carbocycles. The lowest BCUT2D eigenvalue weighted by Gasteiger charge is -2.37. The zero-order valence-corrected chi connectivity index (χ0v) is 25.6. The van der Waals surface area contributed by atoms with E-state index in [0.29, 0.717) is 6.04 Å². The number of methoxy groups -OCH3 is 1. The maximum atomic E-state index is 7.89. The number of nitrogens with zero attached hydrogens (tertiary/aromatic N) is 6. The largest absolute Gasteiger partial charge is 0.384 e. The molecule has 3 aromatic heterocycles. The summed E-state index contributed by atoms with van der Waals surface area (Å²) in [7, 11) is 4.01. The molecule has 2 aliphatic heterocycles. The second-order valence-electron chi connectivity index (χ2n) is 10.6. The van der Waals surface area contributed by atoms with E-state index in [-0.39, 0.29) is 6.61 Å². The van der Waals surface area contributed by atoms with Gasteiger partial charge in [0.25, 0.3) is 0 Å². The third kappa shape index (κ3) is 7.26. The van der Waals surface area contributed by atoms with Crippen LogP contribution in [0.2, 0.25) is 0 Å². The SMILES string of the molecule is CC#CCO.COCCN(Cc1cc2nc(-c3cccc4[nH]ncc34)nc(N3CCOCC3)c2s1)C1CCN(C)CC1. The quantitative estimate of drug-likeness (QED) is 0.298. The van der Waals surface area contributed by atoms with E-state index in [4.69, 9.17) is 24.5 Å². The predicted molar refractivity (Wildman–Crippen MR) is 169 cm³/mol. The number of rotatable bonds is 8. The monoisotopic (exact) mass is 591 g/mol. The number of anilines is 1. The van der Waals surface area contributed by atoms with Gasteiger partial charge in [-0.2, -0.15) is 5.10 Å². The van der Waals surface area contributed by atoms with Gasteiger partial charge in [0.1, 0.15) is 6.61 Å². The number of hydrogen-bond acceptors (Lipinski definition) is 10. The Bertz CT molecular complexity index is 1500. The first-order valence-corrected chi connectivity index (χ1v) is 15.4. The molecule has 5 heterocycles. The number of aliphatic hydroxyl groups is 1. The summed E-state index contributed by atoms with van der Waals surface area (Å²) in [5.74, 6) is 6.70. The lowest BCUT2D eigenvalue weighted by atomic mass is 10.0. The summed E-state index contributed by atoms with van der Waals surface area (Å²) in [6.07, 6.45) is 4.26. The van der Waals surface area contributed by atoms with E-state index >= 15 is 0 Å². The molecule has 11 heteroatoms. The average molecular weight is 592 g/mol.